The Balaban J connectivity index is 1.35. The Hall–Kier alpha value is -1.98. The number of para-hydroxylation sites is 1. The van der Waals surface area contributed by atoms with E-state index in [1.807, 2.05) is 30.3 Å². The zero-order chi connectivity index (χ0) is 20.1. The van der Waals surface area contributed by atoms with Crippen molar-refractivity contribution in [1.29, 1.82) is 0 Å². The molecule has 154 valence electrons. The van der Waals surface area contributed by atoms with Crippen molar-refractivity contribution in [2.45, 2.75) is 44.7 Å². The van der Waals surface area contributed by atoms with Gasteiger partial charge in [-0.05, 0) is 72.1 Å². The average molecular weight is 411 g/mol. The molecule has 0 bridgehead atoms. The van der Waals surface area contributed by atoms with E-state index < -0.39 is 0 Å². The molecule has 29 heavy (non-hydrogen) atoms. The lowest BCUT2D eigenvalue weighted by molar-refractivity contribution is -0.116. The van der Waals surface area contributed by atoms with Gasteiger partial charge in [-0.15, -0.1) is 0 Å². The van der Waals surface area contributed by atoms with Crippen molar-refractivity contribution in [2.24, 2.45) is 0 Å². The largest absolute Gasteiger partial charge is 0.496 e. The van der Waals surface area contributed by atoms with Crippen molar-refractivity contribution in [3.63, 3.8) is 0 Å². The Morgan fingerprint density at radius 1 is 1.17 bits per heavy atom. The molecule has 0 unspecified atom stereocenters. The van der Waals surface area contributed by atoms with Gasteiger partial charge in [0.25, 0.3) is 0 Å². The number of hydrogen-bond donors (Lipinski definition) is 1. The number of benzene rings is 2. The van der Waals surface area contributed by atoms with E-state index in [4.69, 9.17) is 4.74 Å². The minimum atomic E-state index is 0.0489. The number of nitrogens with zero attached hydrogens (tertiary/aromatic N) is 1. The van der Waals surface area contributed by atoms with Crippen molar-refractivity contribution in [2.75, 3.05) is 30.5 Å². The normalized spacial score (nSPS) is 17.6. The molecule has 1 amide bonds. The third-order valence-electron chi connectivity index (χ3n) is 6.05. The number of carbonyl (C=O) groups excluding carboxylic acids is 1. The minimum absolute atomic E-state index is 0.0489. The van der Waals surface area contributed by atoms with E-state index in [1.165, 1.54) is 35.5 Å². The quantitative estimate of drug-likeness (QED) is 0.760. The van der Waals surface area contributed by atoms with E-state index in [-0.39, 0.29) is 5.91 Å². The summed E-state index contributed by atoms with van der Waals surface area (Å²) in [5.74, 6) is 3.47. The number of amides is 1. The number of anilines is 1. The van der Waals surface area contributed by atoms with Gasteiger partial charge in [0.05, 0.1) is 7.11 Å². The fourth-order valence-corrected chi connectivity index (χ4v) is 5.48. The summed E-state index contributed by atoms with van der Waals surface area (Å²) in [6.45, 7) is 2.17. The molecule has 0 radical (unpaired) electrons. The van der Waals surface area contributed by atoms with Crippen LogP contribution in [0.15, 0.2) is 42.5 Å². The number of aryl methyl sites for hydroxylation is 1. The lowest BCUT2D eigenvalue weighted by Gasteiger charge is -2.37. The van der Waals surface area contributed by atoms with E-state index in [2.05, 4.69) is 34.1 Å². The summed E-state index contributed by atoms with van der Waals surface area (Å²) in [7, 11) is 1.67. The van der Waals surface area contributed by atoms with Crippen LogP contribution in [0.2, 0.25) is 0 Å². The Labute approximate surface area is 178 Å². The number of fused-ring (bicyclic) bond motifs is 1. The van der Waals surface area contributed by atoms with Gasteiger partial charge < -0.3 is 10.1 Å². The van der Waals surface area contributed by atoms with Crippen LogP contribution in [0.3, 0.4) is 0 Å². The van der Waals surface area contributed by atoms with Gasteiger partial charge in [0.1, 0.15) is 5.75 Å². The molecule has 5 heteroatoms. The van der Waals surface area contributed by atoms with Gasteiger partial charge >= 0.3 is 0 Å². The first kappa shape index (κ1) is 20.3. The molecule has 1 N–H and O–H groups in total. The van der Waals surface area contributed by atoms with E-state index in [0.717, 1.165) is 42.6 Å². The van der Waals surface area contributed by atoms with Gasteiger partial charge in [-0.25, -0.2) is 0 Å². The van der Waals surface area contributed by atoms with E-state index >= 15 is 0 Å². The van der Waals surface area contributed by atoms with Gasteiger partial charge in [0.15, 0.2) is 0 Å². The molecule has 0 atom stereocenters. The van der Waals surface area contributed by atoms with Crippen LogP contribution in [0, 0.1) is 0 Å². The first-order valence-electron chi connectivity index (χ1n) is 10.6. The van der Waals surface area contributed by atoms with Gasteiger partial charge in [0, 0.05) is 31.2 Å². The molecule has 0 spiro atoms. The number of rotatable bonds is 6. The molecule has 1 fully saturated rings. The monoisotopic (exact) mass is 410 g/mol. The maximum Gasteiger partial charge on any atom is 0.224 e. The third kappa shape index (κ3) is 5.14. The SMILES string of the molecule is COc1ccccc1CCC(=O)Nc1ccc2c(c1)CN(C1CCSCC1)CC2. The highest BCUT2D eigenvalue weighted by molar-refractivity contribution is 7.99. The summed E-state index contributed by atoms with van der Waals surface area (Å²) in [5.41, 5.74) is 4.78. The number of thioether (sulfide) groups is 1. The average Bonchev–Trinajstić information content (AvgIpc) is 2.78. The lowest BCUT2D eigenvalue weighted by atomic mass is 9.96. The highest BCUT2D eigenvalue weighted by Gasteiger charge is 2.25. The minimum Gasteiger partial charge on any atom is -0.496 e. The predicted octanol–water partition coefficient (Wildman–Crippen LogP) is 4.52. The van der Waals surface area contributed by atoms with Crippen molar-refractivity contribution < 1.29 is 9.53 Å². The predicted molar refractivity (Wildman–Crippen MR) is 121 cm³/mol. The third-order valence-corrected chi connectivity index (χ3v) is 7.10. The second-order valence-electron chi connectivity index (χ2n) is 7.91. The van der Waals surface area contributed by atoms with Gasteiger partial charge in [-0.1, -0.05) is 24.3 Å². The number of ether oxygens (including phenoxy) is 1. The van der Waals surface area contributed by atoms with Crippen LogP contribution >= 0.6 is 11.8 Å². The highest BCUT2D eigenvalue weighted by atomic mass is 32.2. The number of carbonyl (C=O) groups is 1. The molecule has 0 aliphatic carbocycles. The van der Waals surface area contributed by atoms with Gasteiger partial charge in [-0.3, -0.25) is 9.69 Å². The Bertz CT molecular complexity index is 849. The zero-order valence-corrected chi connectivity index (χ0v) is 18.0. The molecule has 1 saturated heterocycles. The Kier molecular flexibility index (Phi) is 6.78. The van der Waals surface area contributed by atoms with Crippen LogP contribution in [0.25, 0.3) is 0 Å². The van der Waals surface area contributed by atoms with Gasteiger partial charge in [-0.2, -0.15) is 11.8 Å². The van der Waals surface area contributed by atoms with E-state index in [9.17, 15) is 4.79 Å². The second-order valence-corrected chi connectivity index (χ2v) is 9.13. The molecule has 2 aliphatic rings. The summed E-state index contributed by atoms with van der Waals surface area (Å²) in [6, 6.07) is 15.0. The van der Waals surface area contributed by atoms with Crippen LogP contribution < -0.4 is 10.1 Å². The molecule has 4 rings (SSSR count). The maximum atomic E-state index is 12.5. The Morgan fingerprint density at radius 2 is 2.00 bits per heavy atom. The maximum absolute atomic E-state index is 12.5. The summed E-state index contributed by atoms with van der Waals surface area (Å²) < 4.78 is 5.38. The van der Waals surface area contributed by atoms with Crippen LogP contribution in [0.5, 0.6) is 5.75 Å². The molecule has 0 aromatic heterocycles. The molecule has 0 saturated carbocycles. The summed E-state index contributed by atoms with van der Waals surface area (Å²) in [6.07, 6.45) is 4.84. The zero-order valence-electron chi connectivity index (χ0n) is 17.2. The molecular formula is C24H30N2O2S. The second kappa shape index (κ2) is 9.68. The molecule has 2 heterocycles. The van der Waals surface area contributed by atoms with E-state index in [0.29, 0.717) is 12.8 Å². The molecule has 2 aromatic carbocycles. The van der Waals surface area contributed by atoms with Crippen LogP contribution in [0.4, 0.5) is 5.69 Å². The first-order valence-corrected chi connectivity index (χ1v) is 11.7. The number of methoxy groups -OCH3 is 1. The van der Waals surface area contributed by atoms with Crippen molar-refractivity contribution in [3.05, 3.63) is 59.2 Å². The smallest absolute Gasteiger partial charge is 0.224 e. The van der Waals surface area contributed by atoms with Crippen LogP contribution in [0.1, 0.15) is 36.0 Å². The van der Waals surface area contributed by atoms with Crippen LogP contribution in [-0.2, 0) is 24.2 Å². The topological polar surface area (TPSA) is 41.6 Å². The molecule has 4 nitrogen and oxygen atoms in total. The summed E-state index contributed by atoms with van der Waals surface area (Å²) >= 11 is 2.08. The Morgan fingerprint density at radius 3 is 2.83 bits per heavy atom. The van der Waals surface area contributed by atoms with Crippen LogP contribution in [-0.4, -0.2) is 42.0 Å². The molecule has 2 aliphatic heterocycles. The fraction of sp³-hybridized carbons (Fsp3) is 0.458. The number of nitrogens with one attached hydrogen (secondary N) is 1. The first-order chi connectivity index (χ1) is 14.2. The van der Waals surface area contributed by atoms with Crippen molar-refractivity contribution >= 4 is 23.4 Å². The summed E-state index contributed by atoms with van der Waals surface area (Å²) in [4.78, 5) is 15.1. The standard InChI is InChI=1S/C24H30N2O2S/c1-28-23-5-3-2-4-19(23)7-9-24(27)25-21-8-6-18-10-13-26(17-20(18)16-21)22-11-14-29-15-12-22/h2-6,8,16,22H,7,9-15,17H2,1H3,(H,25,27). The van der Waals surface area contributed by atoms with Crippen molar-refractivity contribution in [1.82, 2.24) is 4.90 Å². The van der Waals surface area contributed by atoms with Crippen molar-refractivity contribution in [3.8, 4) is 5.75 Å². The number of hydrogen-bond acceptors (Lipinski definition) is 4. The highest BCUT2D eigenvalue weighted by Crippen LogP contribution is 2.29. The van der Waals surface area contributed by atoms with E-state index in [1.54, 1.807) is 7.11 Å². The fourth-order valence-electron chi connectivity index (χ4n) is 4.40. The lowest BCUT2D eigenvalue weighted by Crippen LogP contribution is -2.41. The summed E-state index contributed by atoms with van der Waals surface area (Å²) in [5, 5.41) is 3.09. The van der Waals surface area contributed by atoms with Gasteiger partial charge in [0.2, 0.25) is 5.91 Å². The molecular weight excluding hydrogens is 380 g/mol. The molecule has 2 aromatic rings.